The van der Waals surface area contributed by atoms with E-state index in [1.807, 2.05) is 14.1 Å². The minimum Gasteiger partial charge on any atom is -0.492 e. The molecule has 1 rings (SSSR count). The van der Waals surface area contributed by atoms with Crippen LogP contribution in [0.1, 0.15) is 6.92 Å². The van der Waals surface area contributed by atoms with Gasteiger partial charge in [0, 0.05) is 6.04 Å². The summed E-state index contributed by atoms with van der Waals surface area (Å²) in [5.74, 6) is 0.760. The fraction of sp³-hybridized carbons (Fsp3) is 0.455. The standard InChI is InChI=1S/C11H16N2O2/c1-9(13(2)3)8-15-11-6-4-10(12-14)5-7-11/h4-7,9H,8H2,1-3H3/t9-/m1/s1. The highest BCUT2D eigenvalue weighted by Gasteiger charge is 2.04. The topological polar surface area (TPSA) is 41.9 Å². The van der Waals surface area contributed by atoms with Gasteiger partial charge in [0.15, 0.2) is 0 Å². The van der Waals surface area contributed by atoms with Crippen LogP contribution in [-0.2, 0) is 0 Å². The fourth-order valence-corrected chi connectivity index (χ4v) is 0.969. The second-order valence-corrected chi connectivity index (χ2v) is 3.71. The first kappa shape index (κ1) is 11.7. The van der Waals surface area contributed by atoms with E-state index in [0.717, 1.165) is 5.75 Å². The highest BCUT2D eigenvalue weighted by molar-refractivity contribution is 5.40. The Labute approximate surface area is 89.8 Å². The van der Waals surface area contributed by atoms with Crippen LogP contribution in [0.4, 0.5) is 5.69 Å². The van der Waals surface area contributed by atoms with Gasteiger partial charge in [0.2, 0.25) is 0 Å². The monoisotopic (exact) mass is 208 g/mol. The Balaban J connectivity index is 2.47. The summed E-state index contributed by atoms with van der Waals surface area (Å²) in [7, 11) is 4.01. The molecule has 0 fully saturated rings. The molecular formula is C11H16N2O2. The molecule has 0 aliphatic carbocycles. The van der Waals surface area contributed by atoms with Crippen molar-refractivity contribution < 1.29 is 4.74 Å². The average molecular weight is 208 g/mol. The maximum atomic E-state index is 10.2. The number of rotatable bonds is 5. The molecule has 1 aromatic carbocycles. The molecule has 0 spiro atoms. The van der Waals surface area contributed by atoms with Gasteiger partial charge in [-0.3, -0.25) is 0 Å². The predicted octanol–water partition coefficient (Wildman–Crippen LogP) is 2.41. The highest BCUT2D eigenvalue weighted by atomic mass is 16.5. The molecule has 4 nitrogen and oxygen atoms in total. The molecule has 0 amide bonds. The van der Waals surface area contributed by atoms with Crippen molar-refractivity contribution in [3.63, 3.8) is 0 Å². The lowest BCUT2D eigenvalue weighted by atomic mass is 10.3. The smallest absolute Gasteiger partial charge is 0.119 e. The van der Waals surface area contributed by atoms with Crippen LogP contribution in [0.5, 0.6) is 5.75 Å². The molecule has 0 unspecified atom stereocenters. The van der Waals surface area contributed by atoms with Crippen LogP contribution in [0, 0.1) is 4.91 Å². The molecule has 0 aliphatic rings. The summed E-state index contributed by atoms with van der Waals surface area (Å²) in [6.07, 6.45) is 0. The largest absolute Gasteiger partial charge is 0.492 e. The first-order valence-electron chi connectivity index (χ1n) is 4.86. The lowest BCUT2D eigenvalue weighted by molar-refractivity contribution is 0.198. The van der Waals surface area contributed by atoms with Crippen molar-refractivity contribution in [3.8, 4) is 5.75 Å². The molecule has 1 atom stereocenters. The maximum absolute atomic E-state index is 10.2. The molecule has 0 radical (unpaired) electrons. The first-order valence-corrected chi connectivity index (χ1v) is 4.86. The molecule has 0 N–H and O–H groups in total. The van der Waals surface area contributed by atoms with E-state index < -0.39 is 0 Å². The van der Waals surface area contributed by atoms with E-state index in [2.05, 4.69) is 17.0 Å². The van der Waals surface area contributed by atoms with E-state index in [1.54, 1.807) is 24.3 Å². The van der Waals surface area contributed by atoms with Crippen LogP contribution >= 0.6 is 0 Å². The number of ether oxygens (including phenoxy) is 1. The predicted molar refractivity (Wildman–Crippen MR) is 60.5 cm³/mol. The van der Waals surface area contributed by atoms with Gasteiger partial charge >= 0.3 is 0 Å². The summed E-state index contributed by atoms with van der Waals surface area (Å²) in [4.78, 5) is 12.3. The van der Waals surface area contributed by atoms with Crippen molar-refractivity contribution in [2.24, 2.45) is 5.18 Å². The Morgan fingerprint density at radius 1 is 1.33 bits per heavy atom. The summed E-state index contributed by atoms with van der Waals surface area (Å²) < 4.78 is 5.54. The third kappa shape index (κ3) is 3.67. The molecule has 1 aromatic rings. The van der Waals surface area contributed by atoms with Gasteiger partial charge < -0.3 is 9.64 Å². The van der Waals surface area contributed by atoms with E-state index in [-0.39, 0.29) is 0 Å². The first-order chi connectivity index (χ1) is 7.13. The molecule has 15 heavy (non-hydrogen) atoms. The van der Waals surface area contributed by atoms with E-state index in [1.165, 1.54) is 0 Å². The van der Waals surface area contributed by atoms with Gasteiger partial charge in [-0.25, -0.2) is 0 Å². The molecule has 0 saturated heterocycles. The minimum atomic E-state index is 0.355. The van der Waals surface area contributed by atoms with Gasteiger partial charge in [-0.2, -0.15) is 0 Å². The zero-order valence-corrected chi connectivity index (χ0v) is 9.30. The van der Waals surface area contributed by atoms with Crippen molar-refractivity contribution in [2.75, 3.05) is 20.7 Å². The summed E-state index contributed by atoms with van der Waals surface area (Å²) in [6, 6.07) is 7.14. The highest BCUT2D eigenvalue weighted by Crippen LogP contribution is 2.17. The Morgan fingerprint density at radius 3 is 2.40 bits per heavy atom. The molecule has 0 heterocycles. The van der Waals surface area contributed by atoms with Crippen molar-refractivity contribution in [1.29, 1.82) is 0 Å². The van der Waals surface area contributed by atoms with Crippen LogP contribution in [0.25, 0.3) is 0 Å². The Morgan fingerprint density at radius 2 is 1.93 bits per heavy atom. The molecular weight excluding hydrogens is 192 g/mol. The van der Waals surface area contributed by atoms with E-state index in [9.17, 15) is 4.91 Å². The number of hydrogen-bond acceptors (Lipinski definition) is 4. The number of likely N-dealkylation sites (N-methyl/N-ethyl adjacent to an activating group) is 1. The fourth-order valence-electron chi connectivity index (χ4n) is 0.969. The molecule has 0 aliphatic heterocycles. The Hall–Kier alpha value is -1.42. The van der Waals surface area contributed by atoms with Gasteiger partial charge in [-0.05, 0) is 50.5 Å². The SMILES string of the molecule is C[C@H](COc1ccc(N=O)cc1)N(C)C. The summed E-state index contributed by atoms with van der Waals surface area (Å²) in [5.41, 5.74) is 0.419. The van der Waals surface area contributed by atoms with Crippen LogP contribution in [0.2, 0.25) is 0 Å². The zero-order chi connectivity index (χ0) is 11.3. The van der Waals surface area contributed by atoms with Crippen LogP contribution in [-0.4, -0.2) is 31.6 Å². The van der Waals surface area contributed by atoms with Crippen molar-refractivity contribution in [3.05, 3.63) is 29.2 Å². The molecule has 0 bridgehead atoms. The van der Waals surface area contributed by atoms with Crippen molar-refractivity contribution in [2.45, 2.75) is 13.0 Å². The Bertz CT molecular complexity index is 309. The second-order valence-electron chi connectivity index (χ2n) is 3.71. The van der Waals surface area contributed by atoms with Gasteiger partial charge in [-0.1, -0.05) is 0 Å². The quantitative estimate of drug-likeness (QED) is 0.698. The van der Waals surface area contributed by atoms with Crippen molar-refractivity contribution >= 4 is 5.69 Å². The number of nitroso groups, excluding NO2 is 1. The lowest BCUT2D eigenvalue weighted by Gasteiger charge is -2.19. The van der Waals surface area contributed by atoms with E-state index in [0.29, 0.717) is 18.3 Å². The third-order valence-corrected chi connectivity index (χ3v) is 2.31. The zero-order valence-electron chi connectivity index (χ0n) is 9.30. The number of benzene rings is 1. The van der Waals surface area contributed by atoms with E-state index >= 15 is 0 Å². The molecule has 0 saturated carbocycles. The third-order valence-electron chi connectivity index (χ3n) is 2.31. The normalized spacial score (nSPS) is 12.5. The maximum Gasteiger partial charge on any atom is 0.119 e. The van der Waals surface area contributed by atoms with Crippen LogP contribution in [0.3, 0.4) is 0 Å². The lowest BCUT2D eigenvalue weighted by Crippen LogP contribution is -2.30. The molecule has 82 valence electrons. The molecule has 4 heteroatoms. The molecule has 0 aromatic heterocycles. The number of nitrogens with zero attached hydrogens (tertiary/aromatic N) is 2. The average Bonchev–Trinajstić information content (AvgIpc) is 2.26. The van der Waals surface area contributed by atoms with Crippen LogP contribution in [0.15, 0.2) is 29.4 Å². The number of hydrogen-bond donors (Lipinski definition) is 0. The van der Waals surface area contributed by atoms with E-state index in [4.69, 9.17) is 4.74 Å². The van der Waals surface area contributed by atoms with Crippen LogP contribution < -0.4 is 4.74 Å². The summed E-state index contributed by atoms with van der Waals surface area (Å²) in [6.45, 7) is 2.71. The Kier molecular flexibility index (Phi) is 4.24. The van der Waals surface area contributed by atoms with Gasteiger partial charge in [-0.15, -0.1) is 4.91 Å². The van der Waals surface area contributed by atoms with Gasteiger partial charge in [0.05, 0.1) is 0 Å². The van der Waals surface area contributed by atoms with Crippen molar-refractivity contribution in [1.82, 2.24) is 4.90 Å². The minimum absolute atomic E-state index is 0.355. The second kappa shape index (κ2) is 5.46. The summed E-state index contributed by atoms with van der Waals surface area (Å²) in [5, 5.41) is 2.82. The van der Waals surface area contributed by atoms with Gasteiger partial charge in [0.25, 0.3) is 0 Å². The summed E-state index contributed by atoms with van der Waals surface area (Å²) >= 11 is 0. The van der Waals surface area contributed by atoms with Gasteiger partial charge in [0.1, 0.15) is 18.0 Å².